The lowest BCUT2D eigenvalue weighted by molar-refractivity contribution is -0.158. The van der Waals surface area contributed by atoms with Crippen LogP contribution >= 0.6 is 0 Å². The zero-order chi connectivity index (χ0) is 9.52. The number of nitrogens with one attached hydrogen (secondary N) is 1. The van der Waals surface area contributed by atoms with E-state index in [1.807, 2.05) is 24.5 Å². The average molecular weight is 183 g/mol. The summed E-state index contributed by atoms with van der Waals surface area (Å²) in [6.07, 6.45) is 4.23. The fourth-order valence-electron chi connectivity index (χ4n) is 0.941. The van der Waals surface area contributed by atoms with E-state index in [4.69, 9.17) is 5.11 Å². The minimum Gasteiger partial charge on any atom is -0.464 e. The van der Waals surface area contributed by atoms with Gasteiger partial charge in [0.05, 0.1) is 6.61 Å². The average Bonchev–Trinajstić information content (AvgIpc) is 2.68. The van der Waals surface area contributed by atoms with Crippen LogP contribution in [0.15, 0.2) is 24.5 Å². The number of carbonyl (C=O) groups is 1. The third-order valence-electron chi connectivity index (χ3n) is 1.63. The van der Waals surface area contributed by atoms with Gasteiger partial charge in [0.25, 0.3) is 0 Å². The minimum atomic E-state index is -0.858. The second-order valence-electron chi connectivity index (χ2n) is 2.71. The summed E-state index contributed by atoms with van der Waals surface area (Å²) in [6, 6.07) is 3.89. The Morgan fingerprint density at radius 2 is 2.15 bits per heavy atom. The number of aromatic amines is 1. The summed E-state index contributed by atoms with van der Waals surface area (Å²) >= 11 is 0. The van der Waals surface area contributed by atoms with Crippen LogP contribution in [0.3, 0.4) is 0 Å². The largest absolute Gasteiger partial charge is 0.464 e. The lowest BCUT2D eigenvalue weighted by Crippen LogP contribution is -2.28. The number of hydrogen-bond donors (Lipinski definition) is 2. The molecule has 13 heavy (non-hydrogen) atoms. The van der Waals surface area contributed by atoms with Crippen molar-refractivity contribution in [3.8, 4) is 0 Å². The van der Waals surface area contributed by atoms with Crippen LogP contribution in [0.25, 0.3) is 0 Å². The molecule has 1 aliphatic rings. The highest BCUT2D eigenvalue weighted by Crippen LogP contribution is 2.05. The number of rotatable bonds is 0. The molecule has 2 rings (SSSR count). The number of cyclic esters (lactones) is 1. The quantitative estimate of drug-likeness (QED) is 0.582. The Morgan fingerprint density at radius 3 is 2.46 bits per heavy atom. The Morgan fingerprint density at radius 1 is 1.46 bits per heavy atom. The molecule has 4 nitrogen and oxygen atoms in total. The molecule has 0 saturated carbocycles. The van der Waals surface area contributed by atoms with Crippen LogP contribution < -0.4 is 0 Å². The van der Waals surface area contributed by atoms with Gasteiger partial charge in [-0.05, 0) is 25.0 Å². The van der Waals surface area contributed by atoms with Crippen molar-refractivity contribution >= 4 is 5.97 Å². The number of aliphatic hydroxyl groups excluding tert-OH is 1. The van der Waals surface area contributed by atoms with Gasteiger partial charge in [-0.25, -0.2) is 4.79 Å². The Labute approximate surface area is 76.5 Å². The van der Waals surface area contributed by atoms with Crippen molar-refractivity contribution < 1.29 is 14.6 Å². The molecule has 1 aliphatic heterocycles. The monoisotopic (exact) mass is 183 g/mol. The van der Waals surface area contributed by atoms with Gasteiger partial charge in [0.15, 0.2) is 6.10 Å². The molecule has 4 heteroatoms. The Balaban J connectivity index is 0.000000145. The molecular weight excluding hydrogens is 170 g/mol. The van der Waals surface area contributed by atoms with E-state index in [2.05, 4.69) is 9.72 Å². The second kappa shape index (κ2) is 5.37. The third kappa shape index (κ3) is 3.75. The Hall–Kier alpha value is -1.29. The molecule has 1 atom stereocenters. The molecule has 0 aliphatic carbocycles. The van der Waals surface area contributed by atoms with Gasteiger partial charge in [-0.1, -0.05) is 0 Å². The number of aliphatic hydroxyl groups is 1. The molecule has 0 amide bonds. The van der Waals surface area contributed by atoms with Gasteiger partial charge < -0.3 is 14.8 Å². The van der Waals surface area contributed by atoms with Crippen molar-refractivity contribution in [2.75, 3.05) is 6.61 Å². The van der Waals surface area contributed by atoms with Crippen molar-refractivity contribution in [2.24, 2.45) is 0 Å². The fourth-order valence-corrected chi connectivity index (χ4v) is 0.941. The highest BCUT2D eigenvalue weighted by atomic mass is 16.5. The molecule has 1 aromatic rings. The molecule has 2 heterocycles. The summed E-state index contributed by atoms with van der Waals surface area (Å²) in [5.41, 5.74) is 0. The van der Waals surface area contributed by atoms with Crippen molar-refractivity contribution in [3.63, 3.8) is 0 Å². The van der Waals surface area contributed by atoms with E-state index in [-0.39, 0.29) is 0 Å². The van der Waals surface area contributed by atoms with E-state index in [1.165, 1.54) is 0 Å². The van der Waals surface area contributed by atoms with Gasteiger partial charge in [0.1, 0.15) is 0 Å². The normalized spacial score (nSPS) is 21.3. The lowest BCUT2D eigenvalue weighted by atomic mass is 10.2. The SMILES string of the molecule is O=C1OCCCC1O.c1cc[nH]c1. The summed E-state index contributed by atoms with van der Waals surface area (Å²) in [6.45, 7) is 0.468. The summed E-state index contributed by atoms with van der Waals surface area (Å²) in [5.74, 6) is -0.476. The summed E-state index contributed by atoms with van der Waals surface area (Å²) in [5, 5.41) is 8.70. The van der Waals surface area contributed by atoms with Crippen LogP contribution in [0.2, 0.25) is 0 Å². The molecule has 0 aromatic carbocycles. The van der Waals surface area contributed by atoms with Gasteiger partial charge in [0.2, 0.25) is 0 Å². The Bertz CT molecular complexity index is 216. The maximum Gasteiger partial charge on any atom is 0.334 e. The summed E-state index contributed by atoms with van der Waals surface area (Å²) in [4.78, 5) is 13.2. The topological polar surface area (TPSA) is 62.3 Å². The van der Waals surface area contributed by atoms with Crippen molar-refractivity contribution in [3.05, 3.63) is 24.5 Å². The third-order valence-corrected chi connectivity index (χ3v) is 1.63. The summed E-state index contributed by atoms with van der Waals surface area (Å²) in [7, 11) is 0. The van der Waals surface area contributed by atoms with Crippen molar-refractivity contribution in [1.82, 2.24) is 4.98 Å². The zero-order valence-corrected chi connectivity index (χ0v) is 7.27. The highest BCUT2D eigenvalue weighted by molar-refractivity contribution is 5.74. The first-order chi connectivity index (χ1) is 6.30. The molecule has 72 valence electrons. The van der Waals surface area contributed by atoms with Crippen molar-refractivity contribution in [1.29, 1.82) is 0 Å². The van der Waals surface area contributed by atoms with E-state index >= 15 is 0 Å². The van der Waals surface area contributed by atoms with Crippen LogP contribution in [0.4, 0.5) is 0 Å². The highest BCUT2D eigenvalue weighted by Gasteiger charge is 2.19. The van der Waals surface area contributed by atoms with E-state index in [0.717, 1.165) is 6.42 Å². The molecule has 1 unspecified atom stereocenters. The van der Waals surface area contributed by atoms with E-state index in [0.29, 0.717) is 13.0 Å². The summed E-state index contributed by atoms with van der Waals surface area (Å²) < 4.78 is 4.50. The lowest BCUT2D eigenvalue weighted by Gasteiger charge is -2.14. The zero-order valence-electron chi connectivity index (χ0n) is 7.27. The molecule has 2 N–H and O–H groups in total. The number of esters is 1. The molecule has 0 spiro atoms. The predicted octanol–water partition coefficient (Wildman–Crippen LogP) is 0.699. The van der Waals surface area contributed by atoms with Gasteiger partial charge in [-0.2, -0.15) is 0 Å². The number of aromatic nitrogens is 1. The molecule has 0 bridgehead atoms. The van der Waals surface area contributed by atoms with Crippen LogP contribution in [0.1, 0.15) is 12.8 Å². The van der Waals surface area contributed by atoms with E-state index in [9.17, 15) is 4.79 Å². The van der Waals surface area contributed by atoms with Crippen LogP contribution in [-0.2, 0) is 9.53 Å². The van der Waals surface area contributed by atoms with Crippen LogP contribution in [0.5, 0.6) is 0 Å². The number of carbonyl (C=O) groups excluding carboxylic acids is 1. The molecule has 0 radical (unpaired) electrons. The first-order valence-electron chi connectivity index (χ1n) is 4.23. The molecular formula is C9H13NO3. The standard InChI is InChI=1S/C5H8O3.C4H5N/c6-4-2-1-3-8-5(4)7;1-2-4-5-3-1/h4,6H,1-3H2;1-5H. The van der Waals surface area contributed by atoms with Gasteiger partial charge in [-0.3, -0.25) is 0 Å². The Kier molecular flexibility index (Phi) is 4.05. The predicted molar refractivity (Wildman–Crippen MR) is 47.0 cm³/mol. The molecule has 1 aromatic heterocycles. The van der Waals surface area contributed by atoms with E-state index in [1.54, 1.807) is 0 Å². The number of hydrogen-bond acceptors (Lipinski definition) is 3. The molecule has 1 fully saturated rings. The molecule has 1 saturated heterocycles. The van der Waals surface area contributed by atoms with Crippen LogP contribution in [0, 0.1) is 0 Å². The smallest absolute Gasteiger partial charge is 0.334 e. The van der Waals surface area contributed by atoms with Gasteiger partial charge in [-0.15, -0.1) is 0 Å². The first kappa shape index (κ1) is 9.80. The number of ether oxygens (including phenoxy) is 1. The maximum absolute atomic E-state index is 10.3. The second-order valence-corrected chi connectivity index (χ2v) is 2.71. The van der Waals surface area contributed by atoms with Crippen LogP contribution in [-0.4, -0.2) is 28.8 Å². The minimum absolute atomic E-state index is 0.468. The van der Waals surface area contributed by atoms with E-state index < -0.39 is 12.1 Å². The van der Waals surface area contributed by atoms with Gasteiger partial charge in [0, 0.05) is 12.4 Å². The number of H-pyrrole nitrogens is 1. The fraction of sp³-hybridized carbons (Fsp3) is 0.444. The van der Waals surface area contributed by atoms with Gasteiger partial charge >= 0.3 is 5.97 Å². The maximum atomic E-state index is 10.3. The first-order valence-corrected chi connectivity index (χ1v) is 4.23. The van der Waals surface area contributed by atoms with Crippen molar-refractivity contribution in [2.45, 2.75) is 18.9 Å².